The zero-order chi connectivity index (χ0) is 23.2. The number of carbonyl (C=O) groups is 1. The summed E-state index contributed by atoms with van der Waals surface area (Å²) in [7, 11) is 0. The van der Waals surface area contributed by atoms with Gasteiger partial charge in [-0.2, -0.15) is 18.4 Å². The third kappa shape index (κ3) is 3.69. The first-order chi connectivity index (χ1) is 15.8. The van der Waals surface area contributed by atoms with Gasteiger partial charge in [-0.15, -0.1) is 0 Å². The van der Waals surface area contributed by atoms with Crippen LogP contribution in [0.15, 0.2) is 61.1 Å². The van der Waals surface area contributed by atoms with Crippen LogP contribution in [0.2, 0.25) is 0 Å². The zero-order valence-corrected chi connectivity index (χ0v) is 17.2. The minimum absolute atomic E-state index is 0.186. The highest BCUT2D eigenvalue weighted by Gasteiger charge is 2.30. The van der Waals surface area contributed by atoms with E-state index in [4.69, 9.17) is 5.26 Å². The van der Waals surface area contributed by atoms with E-state index in [2.05, 4.69) is 16.0 Å². The van der Waals surface area contributed by atoms with Crippen LogP contribution in [-0.2, 0) is 12.6 Å². The van der Waals surface area contributed by atoms with Gasteiger partial charge in [-0.25, -0.2) is 9.97 Å². The number of imidazole rings is 1. The maximum Gasteiger partial charge on any atom is 0.416 e. The second-order valence-electron chi connectivity index (χ2n) is 7.73. The monoisotopic (exact) mass is 447 g/mol. The maximum atomic E-state index is 13.3. The highest BCUT2D eigenvalue weighted by molar-refractivity contribution is 6.05. The first kappa shape index (κ1) is 20.7. The second-order valence-corrected chi connectivity index (χ2v) is 7.73. The van der Waals surface area contributed by atoms with Crippen molar-refractivity contribution < 1.29 is 18.0 Å². The Morgan fingerprint density at radius 3 is 2.58 bits per heavy atom. The minimum Gasteiger partial charge on any atom is -0.307 e. The number of aryl methyl sites for hydroxylation is 1. The first-order valence-corrected chi connectivity index (χ1v) is 10.2. The summed E-state index contributed by atoms with van der Waals surface area (Å²) in [4.78, 5) is 23.5. The summed E-state index contributed by atoms with van der Waals surface area (Å²) in [6, 6.07) is 12.1. The van der Waals surface area contributed by atoms with Crippen LogP contribution in [0.4, 0.5) is 18.9 Å². The number of carbonyl (C=O) groups excluding carboxylic acids is 1. The zero-order valence-electron chi connectivity index (χ0n) is 17.2. The largest absolute Gasteiger partial charge is 0.416 e. The van der Waals surface area contributed by atoms with Crippen LogP contribution >= 0.6 is 0 Å². The molecule has 2 aromatic carbocycles. The standard InChI is InChI=1S/C24H16F3N5O/c25-24(26,27)18-6-4-16(5-7-18)21-12-30-22-13-29-19(14-32(21)22)23(33)31-9-1-2-17-10-15(11-28)3-8-20(17)31/h3-8,10,12-14H,1-2,9H2. The molecule has 0 unspecified atom stereocenters. The van der Waals surface area contributed by atoms with E-state index >= 15 is 0 Å². The van der Waals surface area contributed by atoms with Crippen LogP contribution < -0.4 is 4.90 Å². The predicted molar refractivity (Wildman–Crippen MR) is 115 cm³/mol. The highest BCUT2D eigenvalue weighted by atomic mass is 19.4. The van der Waals surface area contributed by atoms with Crippen LogP contribution in [0.5, 0.6) is 0 Å². The molecule has 1 aliphatic heterocycles. The topological polar surface area (TPSA) is 74.3 Å². The summed E-state index contributed by atoms with van der Waals surface area (Å²) in [5.41, 5.74) is 3.23. The van der Waals surface area contributed by atoms with E-state index < -0.39 is 11.7 Å². The van der Waals surface area contributed by atoms with E-state index in [9.17, 15) is 18.0 Å². The molecule has 3 heterocycles. The van der Waals surface area contributed by atoms with Crippen LogP contribution in [0, 0.1) is 11.3 Å². The van der Waals surface area contributed by atoms with E-state index in [1.165, 1.54) is 24.5 Å². The van der Waals surface area contributed by atoms with Crippen molar-refractivity contribution in [2.75, 3.05) is 11.4 Å². The van der Waals surface area contributed by atoms with Gasteiger partial charge in [-0.1, -0.05) is 12.1 Å². The number of hydrogen-bond donors (Lipinski definition) is 0. The summed E-state index contributed by atoms with van der Waals surface area (Å²) in [5.74, 6) is -0.297. The molecule has 2 aromatic heterocycles. The van der Waals surface area contributed by atoms with Gasteiger partial charge in [0.15, 0.2) is 5.65 Å². The lowest BCUT2D eigenvalue weighted by Gasteiger charge is -2.29. The Labute approximate surface area is 186 Å². The number of alkyl halides is 3. The molecule has 6 nitrogen and oxygen atoms in total. The SMILES string of the molecule is N#Cc1ccc2c(c1)CCCN2C(=O)c1cn2c(-c3ccc(C(F)(F)F)cc3)cnc2cn1. The quantitative estimate of drug-likeness (QED) is 0.439. The normalized spacial score (nSPS) is 13.6. The summed E-state index contributed by atoms with van der Waals surface area (Å²) in [5, 5.41) is 9.14. The molecule has 0 aliphatic carbocycles. The molecular weight excluding hydrogens is 431 g/mol. The van der Waals surface area contributed by atoms with Crippen molar-refractivity contribution >= 4 is 17.2 Å². The summed E-state index contributed by atoms with van der Waals surface area (Å²) in [6.45, 7) is 0.521. The summed E-state index contributed by atoms with van der Waals surface area (Å²) in [6.07, 6.45) is 1.67. The Hall–Kier alpha value is -4.19. The second kappa shape index (κ2) is 7.74. The van der Waals surface area contributed by atoms with Gasteiger partial charge >= 0.3 is 6.18 Å². The van der Waals surface area contributed by atoms with Gasteiger partial charge in [0.2, 0.25) is 0 Å². The number of fused-ring (bicyclic) bond motifs is 2. The van der Waals surface area contributed by atoms with E-state index in [1.54, 1.807) is 33.7 Å². The van der Waals surface area contributed by atoms with Gasteiger partial charge < -0.3 is 4.90 Å². The van der Waals surface area contributed by atoms with Crippen molar-refractivity contribution in [3.05, 3.63) is 83.4 Å². The number of aromatic nitrogens is 3. The molecule has 0 bridgehead atoms. The molecule has 0 spiro atoms. The molecule has 0 N–H and O–H groups in total. The maximum absolute atomic E-state index is 13.3. The molecule has 33 heavy (non-hydrogen) atoms. The lowest BCUT2D eigenvalue weighted by atomic mass is 9.99. The van der Waals surface area contributed by atoms with Gasteiger partial charge in [-0.3, -0.25) is 9.20 Å². The third-order valence-electron chi connectivity index (χ3n) is 5.70. The highest BCUT2D eigenvalue weighted by Crippen LogP contribution is 2.32. The Morgan fingerprint density at radius 2 is 1.85 bits per heavy atom. The van der Waals surface area contributed by atoms with Gasteiger partial charge in [0, 0.05) is 24.0 Å². The fourth-order valence-corrected chi connectivity index (χ4v) is 4.06. The van der Waals surface area contributed by atoms with Crippen LogP contribution in [0.3, 0.4) is 0 Å². The number of anilines is 1. The molecule has 0 saturated heterocycles. The van der Waals surface area contributed by atoms with E-state index in [-0.39, 0.29) is 11.6 Å². The number of nitrogens with zero attached hydrogens (tertiary/aromatic N) is 5. The Morgan fingerprint density at radius 1 is 1.06 bits per heavy atom. The predicted octanol–water partition coefficient (Wildman–Crippen LogP) is 4.88. The Kier molecular flexibility index (Phi) is 4.86. The number of amides is 1. The number of nitriles is 1. The molecular formula is C24H16F3N5O. The number of hydrogen-bond acceptors (Lipinski definition) is 4. The molecule has 1 aliphatic rings. The number of rotatable bonds is 2. The average Bonchev–Trinajstić information content (AvgIpc) is 3.25. The number of halogens is 3. The van der Waals surface area contributed by atoms with E-state index in [1.807, 2.05) is 0 Å². The van der Waals surface area contributed by atoms with Gasteiger partial charge in [0.05, 0.1) is 35.3 Å². The van der Waals surface area contributed by atoms with Crippen LogP contribution in [-0.4, -0.2) is 26.8 Å². The van der Waals surface area contributed by atoms with Crippen LogP contribution in [0.25, 0.3) is 16.9 Å². The van der Waals surface area contributed by atoms with Crippen molar-refractivity contribution in [1.29, 1.82) is 5.26 Å². The molecule has 9 heteroatoms. The van der Waals surface area contributed by atoms with Gasteiger partial charge in [0.1, 0.15) is 5.69 Å². The van der Waals surface area contributed by atoms with Gasteiger partial charge in [0.25, 0.3) is 5.91 Å². The fraction of sp³-hybridized carbons (Fsp3) is 0.167. The van der Waals surface area contributed by atoms with Gasteiger partial charge in [-0.05, 0) is 48.7 Å². The molecule has 0 atom stereocenters. The van der Waals surface area contributed by atoms with Crippen molar-refractivity contribution in [2.24, 2.45) is 0 Å². The Balaban J connectivity index is 1.51. The average molecular weight is 447 g/mol. The molecule has 164 valence electrons. The summed E-state index contributed by atoms with van der Waals surface area (Å²) < 4.78 is 40.3. The van der Waals surface area contributed by atoms with Crippen molar-refractivity contribution in [1.82, 2.24) is 14.4 Å². The van der Waals surface area contributed by atoms with E-state index in [0.29, 0.717) is 29.0 Å². The molecule has 0 fully saturated rings. The Bertz CT molecular complexity index is 1420. The third-order valence-corrected chi connectivity index (χ3v) is 5.70. The first-order valence-electron chi connectivity index (χ1n) is 10.2. The molecule has 5 rings (SSSR count). The van der Waals surface area contributed by atoms with E-state index in [0.717, 1.165) is 36.2 Å². The summed E-state index contributed by atoms with van der Waals surface area (Å²) >= 11 is 0. The van der Waals surface area contributed by atoms with Crippen molar-refractivity contribution in [3.8, 4) is 17.3 Å². The molecule has 0 saturated carbocycles. The van der Waals surface area contributed by atoms with Crippen molar-refractivity contribution in [2.45, 2.75) is 19.0 Å². The van der Waals surface area contributed by atoms with Crippen LogP contribution in [0.1, 0.15) is 33.6 Å². The smallest absolute Gasteiger partial charge is 0.307 e. The lowest BCUT2D eigenvalue weighted by Crippen LogP contribution is -2.36. The minimum atomic E-state index is -4.42. The molecule has 1 amide bonds. The molecule has 0 radical (unpaired) electrons. The molecule has 4 aromatic rings. The number of benzene rings is 2. The fourth-order valence-electron chi connectivity index (χ4n) is 4.06. The van der Waals surface area contributed by atoms with Crippen molar-refractivity contribution in [3.63, 3.8) is 0 Å². The lowest BCUT2D eigenvalue weighted by molar-refractivity contribution is -0.137.